The second-order valence-electron chi connectivity index (χ2n) is 7.73. The van der Waals surface area contributed by atoms with Crippen LogP contribution < -0.4 is 15.8 Å². The van der Waals surface area contributed by atoms with Gasteiger partial charge in [0.15, 0.2) is 5.69 Å². The van der Waals surface area contributed by atoms with Crippen molar-refractivity contribution in [3.05, 3.63) is 46.9 Å². The predicted molar refractivity (Wildman–Crippen MR) is 107 cm³/mol. The molecule has 0 fully saturated rings. The van der Waals surface area contributed by atoms with E-state index in [0.29, 0.717) is 6.92 Å². The molecule has 0 radical (unpaired) electrons. The van der Waals surface area contributed by atoms with Crippen LogP contribution in [0.5, 0.6) is 5.88 Å². The summed E-state index contributed by atoms with van der Waals surface area (Å²) in [5.74, 6) is -3.09. The van der Waals surface area contributed by atoms with Crippen molar-refractivity contribution in [1.82, 2.24) is 10.2 Å². The van der Waals surface area contributed by atoms with E-state index in [4.69, 9.17) is 15.2 Å². The van der Waals surface area contributed by atoms with Crippen LogP contribution in [0.4, 0.5) is 32.0 Å². The Morgan fingerprint density at radius 2 is 1.91 bits per heavy atom. The average Bonchev–Trinajstić information content (AvgIpc) is 2.76. The van der Waals surface area contributed by atoms with E-state index in [0.717, 1.165) is 24.3 Å². The third-order valence-electron chi connectivity index (χ3n) is 5.30. The zero-order chi connectivity index (χ0) is 25.5. The Morgan fingerprint density at radius 1 is 1.24 bits per heavy atom. The Morgan fingerprint density at radius 3 is 2.47 bits per heavy atom. The van der Waals surface area contributed by atoms with Gasteiger partial charge in [0.1, 0.15) is 17.2 Å². The van der Waals surface area contributed by atoms with Gasteiger partial charge >= 0.3 is 6.18 Å². The maximum Gasteiger partial charge on any atom is 0.424 e. The number of amidine groups is 1. The molecule has 0 bridgehead atoms. The lowest BCUT2D eigenvalue weighted by molar-refractivity contribution is -0.249. The van der Waals surface area contributed by atoms with Gasteiger partial charge in [0, 0.05) is 17.3 Å². The number of nitrogens with zero attached hydrogens (tertiary/aromatic N) is 3. The zero-order valence-corrected chi connectivity index (χ0v) is 18.0. The Labute approximate surface area is 189 Å². The van der Waals surface area contributed by atoms with Crippen molar-refractivity contribution in [3.63, 3.8) is 0 Å². The monoisotopic (exact) mass is 491 g/mol. The molecule has 2 aromatic rings. The molecule has 0 spiro atoms. The number of methoxy groups -OCH3 is 1. The van der Waals surface area contributed by atoms with Gasteiger partial charge < -0.3 is 20.5 Å². The lowest BCUT2D eigenvalue weighted by Gasteiger charge is -2.41. The highest BCUT2D eigenvalue weighted by Crippen LogP contribution is 2.41. The number of aliphatic imine (C=N–C) groups is 1. The van der Waals surface area contributed by atoms with Gasteiger partial charge in [-0.15, -0.1) is 10.2 Å². The Bertz CT molecular complexity index is 1140. The summed E-state index contributed by atoms with van der Waals surface area (Å²) in [5.41, 5.74) is -0.743. The molecule has 34 heavy (non-hydrogen) atoms. The highest BCUT2D eigenvalue weighted by molar-refractivity contribution is 6.04. The first kappa shape index (κ1) is 25.2. The van der Waals surface area contributed by atoms with E-state index in [-0.39, 0.29) is 17.1 Å². The van der Waals surface area contributed by atoms with Gasteiger partial charge in [0.05, 0.1) is 19.3 Å². The minimum Gasteiger partial charge on any atom is -0.480 e. The van der Waals surface area contributed by atoms with Crippen molar-refractivity contribution in [1.29, 1.82) is 0 Å². The fourth-order valence-electron chi connectivity index (χ4n) is 3.16. The summed E-state index contributed by atoms with van der Waals surface area (Å²) in [6, 6.07) is 3.98. The standard InChI is InChI=1S/C20H19F6N5O3/c1-18(8-34-19(2,17(27)29-18)20(24,25)26)11-6-9(4-5-12(11)21)28-16(32)14-10(15(22)23)7-13(33-3)30-31-14/h4-7,15H,8H2,1-3H3,(H2,27,29)(H,28,32)/t18-,19+/m0/s1. The van der Waals surface area contributed by atoms with Gasteiger partial charge in [-0.05, 0) is 32.0 Å². The van der Waals surface area contributed by atoms with Crippen molar-refractivity contribution in [2.45, 2.75) is 37.6 Å². The molecule has 1 aliphatic heterocycles. The molecular formula is C20H19F6N5O3. The van der Waals surface area contributed by atoms with Gasteiger partial charge in [0.2, 0.25) is 11.5 Å². The predicted octanol–water partition coefficient (Wildman–Crippen LogP) is 3.74. The average molecular weight is 491 g/mol. The smallest absolute Gasteiger partial charge is 0.424 e. The van der Waals surface area contributed by atoms with Crippen LogP contribution in [0.15, 0.2) is 29.3 Å². The third-order valence-corrected chi connectivity index (χ3v) is 5.30. The van der Waals surface area contributed by atoms with Crippen LogP contribution in [0, 0.1) is 5.82 Å². The number of rotatable bonds is 5. The number of nitrogens with two attached hydrogens (primary N) is 1. The molecule has 1 aromatic carbocycles. The number of halogens is 6. The number of nitrogens with one attached hydrogen (secondary N) is 1. The topological polar surface area (TPSA) is 112 Å². The van der Waals surface area contributed by atoms with Crippen LogP contribution in [0.1, 0.15) is 41.9 Å². The maximum absolute atomic E-state index is 14.6. The largest absolute Gasteiger partial charge is 0.480 e. The third kappa shape index (κ3) is 4.49. The molecule has 1 aromatic heterocycles. The van der Waals surface area contributed by atoms with E-state index in [1.165, 1.54) is 14.0 Å². The molecule has 8 nitrogen and oxygen atoms in total. The van der Waals surface area contributed by atoms with Crippen molar-refractivity contribution in [3.8, 4) is 5.88 Å². The quantitative estimate of drug-likeness (QED) is 0.617. The Kier molecular flexibility index (Phi) is 6.48. The molecule has 0 saturated carbocycles. The van der Waals surface area contributed by atoms with Crippen molar-refractivity contribution in [2.24, 2.45) is 10.7 Å². The lowest BCUT2D eigenvalue weighted by atomic mass is 9.89. The molecule has 3 rings (SSSR count). The molecule has 184 valence electrons. The minimum absolute atomic E-state index is 0.0709. The number of anilines is 1. The summed E-state index contributed by atoms with van der Waals surface area (Å²) in [7, 11) is 1.18. The van der Waals surface area contributed by atoms with Gasteiger partial charge in [-0.3, -0.25) is 9.79 Å². The number of alkyl halides is 5. The van der Waals surface area contributed by atoms with Gasteiger partial charge in [0.25, 0.3) is 12.3 Å². The first-order valence-electron chi connectivity index (χ1n) is 9.59. The van der Waals surface area contributed by atoms with Crippen molar-refractivity contribution < 1.29 is 40.6 Å². The van der Waals surface area contributed by atoms with Crippen LogP contribution in [-0.4, -0.2) is 47.4 Å². The van der Waals surface area contributed by atoms with Crippen molar-refractivity contribution in [2.75, 3.05) is 19.0 Å². The number of hydrogen-bond donors (Lipinski definition) is 2. The molecule has 1 aliphatic rings. The van der Waals surface area contributed by atoms with Crippen LogP contribution in [-0.2, 0) is 10.3 Å². The first-order valence-corrected chi connectivity index (χ1v) is 9.59. The molecule has 2 atom stereocenters. The second-order valence-corrected chi connectivity index (χ2v) is 7.73. The number of benzene rings is 1. The van der Waals surface area contributed by atoms with E-state index in [2.05, 4.69) is 20.5 Å². The number of amides is 1. The first-order chi connectivity index (χ1) is 15.7. The fourth-order valence-corrected chi connectivity index (χ4v) is 3.16. The van der Waals surface area contributed by atoms with E-state index < -0.39 is 59.2 Å². The SMILES string of the molecule is COc1cc(C(F)F)c(C(=O)Nc2ccc(F)c([C@]3(C)CO[C@@](C)(C(F)(F)F)C(N)=N3)c2)nn1. The summed E-state index contributed by atoms with van der Waals surface area (Å²) in [6.07, 6.45) is -7.94. The van der Waals surface area contributed by atoms with E-state index in [1.807, 2.05) is 0 Å². The highest BCUT2D eigenvalue weighted by atomic mass is 19.4. The van der Waals surface area contributed by atoms with E-state index in [1.54, 1.807) is 0 Å². The summed E-state index contributed by atoms with van der Waals surface area (Å²) in [4.78, 5) is 16.4. The number of hydrogen-bond acceptors (Lipinski definition) is 7. The molecule has 0 aliphatic carbocycles. The van der Waals surface area contributed by atoms with Gasteiger partial charge in [-0.25, -0.2) is 13.2 Å². The molecule has 3 N–H and O–H groups in total. The number of carbonyl (C=O) groups excluding carboxylic acids is 1. The van der Waals surface area contributed by atoms with Gasteiger partial charge in [-0.2, -0.15) is 13.2 Å². The van der Waals surface area contributed by atoms with Crippen molar-refractivity contribution >= 4 is 17.4 Å². The van der Waals surface area contributed by atoms with Crippen LogP contribution in [0.25, 0.3) is 0 Å². The van der Waals surface area contributed by atoms with Gasteiger partial charge in [-0.1, -0.05) is 0 Å². The number of ether oxygens (including phenoxy) is 2. The van der Waals surface area contributed by atoms with Crippen LogP contribution >= 0.6 is 0 Å². The normalized spacial score (nSPS) is 22.9. The van der Waals surface area contributed by atoms with Crippen LogP contribution in [0.3, 0.4) is 0 Å². The highest BCUT2D eigenvalue weighted by Gasteiger charge is 2.59. The maximum atomic E-state index is 14.6. The zero-order valence-electron chi connectivity index (χ0n) is 18.0. The molecule has 2 heterocycles. The summed E-state index contributed by atoms with van der Waals surface area (Å²) in [5, 5.41) is 9.23. The molecule has 0 unspecified atom stereocenters. The molecular weight excluding hydrogens is 472 g/mol. The molecule has 14 heteroatoms. The lowest BCUT2D eigenvalue weighted by Crippen LogP contribution is -2.60. The Balaban J connectivity index is 1.95. The number of aromatic nitrogens is 2. The summed E-state index contributed by atoms with van der Waals surface area (Å²) >= 11 is 0. The van der Waals surface area contributed by atoms with Crippen LogP contribution in [0.2, 0.25) is 0 Å². The fraction of sp³-hybridized carbons (Fsp3) is 0.400. The van der Waals surface area contributed by atoms with E-state index >= 15 is 0 Å². The molecule has 1 amide bonds. The minimum atomic E-state index is -4.86. The number of carbonyl (C=O) groups is 1. The molecule has 0 saturated heterocycles. The summed E-state index contributed by atoms with van der Waals surface area (Å²) in [6.45, 7) is 1.32. The Hall–Kier alpha value is -3.42. The van der Waals surface area contributed by atoms with E-state index in [9.17, 15) is 31.1 Å². The second kappa shape index (κ2) is 8.74. The summed E-state index contributed by atoms with van der Waals surface area (Å²) < 4.78 is 91.1.